The van der Waals surface area contributed by atoms with Gasteiger partial charge in [-0.3, -0.25) is 0 Å². The van der Waals surface area contributed by atoms with E-state index in [-0.39, 0.29) is 5.82 Å². The minimum absolute atomic E-state index is 0.338. The lowest BCUT2D eigenvalue weighted by Crippen LogP contribution is -2.12. The van der Waals surface area contributed by atoms with Crippen LogP contribution in [-0.4, -0.2) is 19.7 Å². The van der Waals surface area contributed by atoms with E-state index in [1.165, 1.54) is 42.7 Å². The number of allylic oxidation sites excluding steroid dienone is 1. The molecule has 0 aliphatic heterocycles. The molecule has 0 unspecified atom stereocenters. The molecule has 0 saturated heterocycles. The molecule has 2 aromatic carbocycles. The summed E-state index contributed by atoms with van der Waals surface area (Å²) in [6.45, 7) is 0.676. The van der Waals surface area contributed by atoms with Gasteiger partial charge in [0, 0.05) is 7.11 Å². The molecule has 1 aliphatic rings. The average Bonchev–Trinajstić information content (AvgIpc) is 2.70. The minimum atomic E-state index is -0.430. The lowest BCUT2D eigenvalue weighted by atomic mass is 9.78. The van der Waals surface area contributed by atoms with Crippen molar-refractivity contribution in [2.45, 2.75) is 31.6 Å². The highest BCUT2D eigenvalue weighted by Gasteiger charge is 2.21. The lowest BCUT2D eigenvalue weighted by Gasteiger charge is -2.27. The molecule has 0 bridgehead atoms. The molecule has 142 valence electrons. The Morgan fingerprint density at radius 1 is 1.04 bits per heavy atom. The Bertz CT molecular complexity index is 757. The highest BCUT2D eigenvalue weighted by molar-refractivity contribution is 5.91. The van der Waals surface area contributed by atoms with Crippen molar-refractivity contribution in [3.63, 3.8) is 0 Å². The molecule has 1 fully saturated rings. The first-order valence-corrected chi connectivity index (χ1v) is 9.39. The highest BCUT2D eigenvalue weighted by atomic mass is 19.1. The third kappa shape index (κ3) is 5.51. The van der Waals surface area contributed by atoms with Crippen molar-refractivity contribution >= 4 is 5.97 Å². The monoisotopic (exact) mass is 368 g/mol. The summed E-state index contributed by atoms with van der Waals surface area (Å²) >= 11 is 0. The molecule has 0 radical (unpaired) electrons. The van der Waals surface area contributed by atoms with E-state index in [2.05, 4.69) is 12.2 Å². The Kier molecular flexibility index (Phi) is 6.77. The van der Waals surface area contributed by atoms with Crippen LogP contribution in [0.1, 0.15) is 47.5 Å². The van der Waals surface area contributed by atoms with Crippen molar-refractivity contribution in [1.29, 1.82) is 0 Å². The topological polar surface area (TPSA) is 35.5 Å². The van der Waals surface area contributed by atoms with Gasteiger partial charge in [-0.25, -0.2) is 9.18 Å². The van der Waals surface area contributed by atoms with E-state index in [0.717, 1.165) is 12.8 Å². The number of hydrogen-bond acceptors (Lipinski definition) is 3. The number of carbonyl (C=O) groups is 1. The summed E-state index contributed by atoms with van der Waals surface area (Å²) in [5, 5.41) is 0. The number of ether oxygens (including phenoxy) is 2. The summed E-state index contributed by atoms with van der Waals surface area (Å²) in [6.07, 6.45) is 9.04. The van der Waals surface area contributed by atoms with Crippen molar-refractivity contribution in [2.24, 2.45) is 5.92 Å². The number of halogens is 1. The largest absolute Gasteiger partial charge is 0.423 e. The number of esters is 1. The summed E-state index contributed by atoms with van der Waals surface area (Å²) < 4.78 is 23.3. The Labute approximate surface area is 159 Å². The van der Waals surface area contributed by atoms with Crippen molar-refractivity contribution < 1.29 is 18.7 Å². The van der Waals surface area contributed by atoms with Gasteiger partial charge in [-0.2, -0.15) is 0 Å². The average molecular weight is 368 g/mol. The van der Waals surface area contributed by atoms with Gasteiger partial charge in [0.15, 0.2) is 0 Å². The van der Waals surface area contributed by atoms with E-state index in [0.29, 0.717) is 29.8 Å². The van der Waals surface area contributed by atoms with Gasteiger partial charge in [0.05, 0.1) is 12.2 Å². The predicted octanol–water partition coefficient (Wildman–Crippen LogP) is 5.52. The van der Waals surface area contributed by atoms with Gasteiger partial charge < -0.3 is 9.47 Å². The van der Waals surface area contributed by atoms with Gasteiger partial charge in [0.25, 0.3) is 0 Å². The minimum Gasteiger partial charge on any atom is -0.423 e. The molecule has 27 heavy (non-hydrogen) atoms. The molecule has 1 aliphatic carbocycles. The van der Waals surface area contributed by atoms with E-state index in [1.54, 1.807) is 7.11 Å². The second-order valence-electron chi connectivity index (χ2n) is 6.96. The van der Waals surface area contributed by atoms with Gasteiger partial charge in [-0.1, -0.05) is 24.3 Å². The zero-order valence-corrected chi connectivity index (χ0v) is 15.6. The van der Waals surface area contributed by atoms with E-state index in [1.807, 2.05) is 24.3 Å². The van der Waals surface area contributed by atoms with Crippen LogP contribution in [0.15, 0.2) is 60.7 Å². The molecule has 3 rings (SSSR count). The molecular weight excluding hydrogens is 343 g/mol. The second kappa shape index (κ2) is 9.47. The number of benzene rings is 2. The first-order chi connectivity index (χ1) is 13.2. The molecule has 1 saturated carbocycles. The zero-order valence-electron chi connectivity index (χ0n) is 15.6. The number of hydrogen-bond donors (Lipinski definition) is 0. The second-order valence-corrected chi connectivity index (χ2v) is 6.96. The van der Waals surface area contributed by atoms with Gasteiger partial charge >= 0.3 is 5.97 Å². The van der Waals surface area contributed by atoms with Crippen LogP contribution < -0.4 is 4.74 Å². The van der Waals surface area contributed by atoms with Crippen LogP contribution in [0.2, 0.25) is 0 Å². The quantitative estimate of drug-likeness (QED) is 0.382. The van der Waals surface area contributed by atoms with E-state index >= 15 is 0 Å². The summed E-state index contributed by atoms with van der Waals surface area (Å²) in [4.78, 5) is 12.2. The van der Waals surface area contributed by atoms with E-state index in [9.17, 15) is 9.18 Å². The first kappa shape index (κ1) is 19.3. The zero-order chi connectivity index (χ0) is 19.1. The third-order valence-corrected chi connectivity index (χ3v) is 5.08. The molecular formula is C23H25FO3. The van der Waals surface area contributed by atoms with E-state index in [4.69, 9.17) is 9.47 Å². The van der Waals surface area contributed by atoms with Gasteiger partial charge in [0.2, 0.25) is 0 Å². The molecule has 0 atom stereocenters. The molecule has 0 amide bonds. The third-order valence-electron chi connectivity index (χ3n) is 5.08. The van der Waals surface area contributed by atoms with Crippen LogP contribution in [-0.2, 0) is 4.74 Å². The van der Waals surface area contributed by atoms with Crippen LogP contribution in [0.5, 0.6) is 5.75 Å². The van der Waals surface area contributed by atoms with E-state index < -0.39 is 5.97 Å². The standard InChI is InChI=1S/C23H25FO3/c1-26-16-2-3-17-4-6-18(7-5-17)19-8-10-20(11-9-19)23(25)27-22-14-12-21(24)13-15-22/h2-3,8-15,17-18H,4-7,16H2,1H3/b3-2+. The van der Waals surface area contributed by atoms with Crippen molar-refractivity contribution in [2.75, 3.05) is 13.7 Å². The fraction of sp³-hybridized carbons (Fsp3) is 0.348. The fourth-order valence-corrected chi connectivity index (χ4v) is 3.55. The molecule has 0 N–H and O–H groups in total. The fourth-order valence-electron chi connectivity index (χ4n) is 3.55. The van der Waals surface area contributed by atoms with Crippen LogP contribution in [0.3, 0.4) is 0 Å². The summed E-state index contributed by atoms with van der Waals surface area (Å²) in [5.41, 5.74) is 1.77. The first-order valence-electron chi connectivity index (χ1n) is 9.39. The number of rotatable bonds is 6. The van der Waals surface area contributed by atoms with Crippen LogP contribution >= 0.6 is 0 Å². The summed E-state index contributed by atoms with van der Waals surface area (Å²) in [7, 11) is 1.71. The summed E-state index contributed by atoms with van der Waals surface area (Å²) in [6, 6.07) is 13.1. The van der Waals surface area contributed by atoms with Gasteiger partial charge in [-0.05, 0) is 79.5 Å². The number of methoxy groups -OCH3 is 1. The lowest BCUT2D eigenvalue weighted by molar-refractivity contribution is 0.0734. The maximum Gasteiger partial charge on any atom is 0.343 e. The van der Waals surface area contributed by atoms with Gasteiger partial charge in [0.1, 0.15) is 11.6 Å². The molecule has 3 nitrogen and oxygen atoms in total. The maximum atomic E-state index is 12.9. The Balaban J connectivity index is 1.54. The van der Waals surface area contributed by atoms with Gasteiger partial charge in [-0.15, -0.1) is 0 Å². The SMILES string of the molecule is COC/C=C/C1CCC(c2ccc(C(=O)Oc3ccc(F)cc3)cc2)CC1. The molecule has 0 aromatic heterocycles. The van der Waals surface area contributed by atoms with Crippen molar-refractivity contribution in [1.82, 2.24) is 0 Å². The molecule has 4 heteroatoms. The van der Waals surface area contributed by atoms with Crippen LogP contribution in [0.25, 0.3) is 0 Å². The smallest absolute Gasteiger partial charge is 0.343 e. The van der Waals surface area contributed by atoms with Crippen LogP contribution in [0.4, 0.5) is 4.39 Å². The van der Waals surface area contributed by atoms with Crippen molar-refractivity contribution in [3.05, 3.63) is 77.6 Å². The maximum absolute atomic E-state index is 12.9. The number of carbonyl (C=O) groups excluding carboxylic acids is 1. The Hall–Kier alpha value is -2.46. The molecule has 0 heterocycles. The highest BCUT2D eigenvalue weighted by Crippen LogP contribution is 2.36. The van der Waals surface area contributed by atoms with Crippen molar-refractivity contribution in [3.8, 4) is 5.75 Å². The normalized spacial score (nSPS) is 19.9. The van der Waals surface area contributed by atoms with Crippen LogP contribution in [0, 0.1) is 11.7 Å². The summed E-state index contributed by atoms with van der Waals surface area (Å²) in [5.74, 6) is 0.731. The molecule has 0 spiro atoms. The molecule has 2 aromatic rings. The Morgan fingerprint density at radius 3 is 2.33 bits per heavy atom. The predicted molar refractivity (Wildman–Crippen MR) is 104 cm³/mol. The Morgan fingerprint density at radius 2 is 1.70 bits per heavy atom.